The molecule has 0 spiro atoms. The maximum Gasteiger partial charge on any atom is 0.419 e. The number of ether oxygens (including phenoxy) is 2. The minimum atomic E-state index is -3.82. The summed E-state index contributed by atoms with van der Waals surface area (Å²) >= 11 is 0. The van der Waals surface area contributed by atoms with Gasteiger partial charge in [-0.3, -0.25) is 0 Å². The lowest BCUT2D eigenvalue weighted by Crippen LogP contribution is -2.36. The Morgan fingerprint density at radius 2 is 1.62 bits per heavy atom. The van der Waals surface area contributed by atoms with E-state index in [1.54, 1.807) is 35.9 Å². The molecule has 5 rings (SSSR count). The highest BCUT2D eigenvalue weighted by Gasteiger charge is 2.35. The van der Waals surface area contributed by atoms with Crippen LogP contribution >= 0.6 is 0 Å². The number of nitrogens with zero attached hydrogens (tertiary/aromatic N) is 2. The van der Waals surface area contributed by atoms with Crippen LogP contribution in [0.3, 0.4) is 0 Å². The standard InChI is InChI=1S/C32H36N2O5S/c1-22-12-18-25(19-13-22)40(36,37)33-20-8-10-26(23-14-16-24(38-5)17-15-23)30-27-9-6-7-11-28(27)34(29(30)21-33)31(35)39-32(2,3)4/h6-7,9,11-19,26H,8,10,20-21H2,1-5H3. The summed E-state index contributed by atoms with van der Waals surface area (Å²) in [6.45, 7) is 7.79. The number of carbonyl (C=O) groups is 1. The van der Waals surface area contributed by atoms with Gasteiger partial charge < -0.3 is 9.47 Å². The smallest absolute Gasteiger partial charge is 0.419 e. The Balaban J connectivity index is 1.72. The molecule has 0 bridgehead atoms. The molecule has 4 aromatic rings. The third-order valence-electron chi connectivity index (χ3n) is 7.34. The maximum absolute atomic E-state index is 13.9. The van der Waals surface area contributed by atoms with Gasteiger partial charge in [-0.1, -0.05) is 48.0 Å². The number of carbonyl (C=O) groups excluding carboxylic acids is 1. The van der Waals surface area contributed by atoms with Crippen molar-refractivity contribution in [3.05, 3.63) is 95.2 Å². The molecule has 0 N–H and O–H groups in total. The monoisotopic (exact) mass is 560 g/mol. The number of hydrogen-bond donors (Lipinski definition) is 0. The van der Waals surface area contributed by atoms with Crippen molar-refractivity contribution in [1.82, 2.24) is 8.87 Å². The topological polar surface area (TPSA) is 77.8 Å². The molecular formula is C32H36N2O5S. The van der Waals surface area contributed by atoms with E-state index in [0.717, 1.165) is 27.8 Å². The lowest BCUT2D eigenvalue weighted by molar-refractivity contribution is 0.0537. The second-order valence-electron chi connectivity index (χ2n) is 11.3. The Hall–Kier alpha value is -3.62. The molecule has 1 aliphatic rings. The third kappa shape index (κ3) is 5.38. The lowest BCUT2D eigenvalue weighted by atomic mass is 9.84. The van der Waals surface area contributed by atoms with E-state index < -0.39 is 21.7 Å². The highest BCUT2D eigenvalue weighted by atomic mass is 32.2. The van der Waals surface area contributed by atoms with E-state index in [1.807, 2.05) is 64.1 Å². The first-order valence-electron chi connectivity index (χ1n) is 13.6. The molecule has 0 fully saturated rings. The molecule has 2 heterocycles. The molecule has 3 aromatic carbocycles. The van der Waals surface area contributed by atoms with Gasteiger partial charge in [-0.25, -0.2) is 17.8 Å². The number of sulfonamides is 1. The first kappa shape index (κ1) is 27.9. The van der Waals surface area contributed by atoms with Crippen LogP contribution in [0.25, 0.3) is 10.9 Å². The van der Waals surface area contributed by atoms with Crippen molar-refractivity contribution in [2.75, 3.05) is 13.7 Å². The summed E-state index contributed by atoms with van der Waals surface area (Å²) in [5, 5.41) is 0.916. The molecule has 1 atom stereocenters. The zero-order valence-corrected chi connectivity index (χ0v) is 24.5. The van der Waals surface area contributed by atoms with Crippen molar-refractivity contribution >= 4 is 27.0 Å². The van der Waals surface area contributed by atoms with Crippen molar-refractivity contribution in [3.8, 4) is 5.75 Å². The number of methoxy groups -OCH3 is 1. The molecule has 210 valence electrons. The first-order chi connectivity index (χ1) is 19.0. The second-order valence-corrected chi connectivity index (χ2v) is 13.3. The molecule has 1 aliphatic heterocycles. The largest absolute Gasteiger partial charge is 0.497 e. The zero-order chi connectivity index (χ0) is 28.7. The SMILES string of the molecule is COc1ccc(C2CCCN(S(=O)(=O)c3ccc(C)cc3)Cc3c2c2ccccc2n3C(=O)OC(C)(C)C)cc1. The van der Waals surface area contributed by atoms with Crippen molar-refractivity contribution in [1.29, 1.82) is 0 Å². The molecule has 1 aromatic heterocycles. The number of hydrogen-bond acceptors (Lipinski definition) is 5. The van der Waals surface area contributed by atoms with Crippen LogP contribution in [-0.2, 0) is 21.3 Å². The van der Waals surface area contributed by atoms with Crippen molar-refractivity contribution < 1.29 is 22.7 Å². The van der Waals surface area contributed by atoms with Gasteiger partial charge in [0, 0.05) is 23.5 Å². The van der Waals surface area contributed by atoms with Gasteiger partial charge in [0.2, 0.25) is 10.0 Å². The lowest BCUT2D eigenvalue weighted by Gasteiger charge is -2.29. The van der Waals surface area contributed by atoms with E-state index >= 15 is 0 Å². The summed E-state index contributed by atoms with van der Waals surface area (Å²) in [5.41, 5.74) is 3.64. The normalized spacial score (nSPS) is 16.7. The number of fused-ring (bicyclic) bond motifs is 3. The van der Waals surface area contributed by atoms with Gasteiger partial charge in [0.05, 0.1) is 24.1 Å². The Morgan fingerprint density at radius 3 is 2.27 bits per heavy atom. The fourth-order valence-corrected chi connectivity index (χ4v) is 6.91. The summed E-state index contributed by atoms with van der Waals surface area (Å²) in [7, 11) is -2.18. The van der Waals surface area contributed by atoms with Gasteiger partial charge in [-0.05, 0) is 82.0 Å². The van der Waals surface area contributed by atoms with Crippen molar-refractivity contribution in [3.63, 3.8) is 0 Å². The van der Waals surface area contributed by atoms with Crippen LogP contribution < -0.4 is 4.74 Å². The Bertz CT molecular complexity index is 1630. The van der Waals surface area contributed by atoms with Crippen LogP contribution in [0.4, 0.5) is 4.79 Å². The Kier molecular flexibility index (Phi) is 7.50. The third-order valence-corrected chi connectivity index (χ3v) is 9.20. The van der Waals surface area contributed by atoms with E-state index in [-0.39, 0.29) is 17.4 Å². The quantitative estimate of drug-likeness (QED) is 0.273. The molecule has 0 radical (unpaired) electrons. The van der Waals surface area contributed by atoms with Crippen LogP contribution in [0.15, 0.2) is 77.7 Å². The molecule has 0 saturated heterocycles. The zero-order valence-electron chi connectivity index (χ0n) is 23.7. The second kappa shape index (κ2) is 10.7. The van der Waals surface area contributed by atoms with Crippen molar-refractivity contribution in [2.45, 2.75) is 63.5 Å². The summed E-state index contributed by atoms with van der Waals surface area (Å²) in [6, 6.07) is 22.6. The number of aryl methyl sites for hydroxylation is 1. The van der Waals surface area contributed by atoms with Crippen LogP contribution in [0.5, 0.6) is 5.75 Å². The number of rotatable bonds is 4. The van der Waals surface area contributed by atoms with Crippen LogP contribution in [0, 0.1) is 6.92 Å². The average Bonchev–Trinajstić information content (AvgIpc) is 3.21. The van der Waals surface area contributed by atoms with E-state index in [9.17, 15) is 13.2 Å². The van der Waals surface area contributed by atoms with E-state index in [2.05, 4.69) is 12.1 Å². The molecule has 7 nitrogen and oxygen atoms in total. The predicted octanol–water partition coefficient (Wildman–Crippen LogP) is 6.86. The van der Waals surface area contributed by atoms with Gasteiger partial charge in [-0.2, -0.15) is 4.31 Å². The highest BCUT2D eigenvalue weighted by molar-refractivity contribution is 7.89. The summed E-state index contributed by atoms with van der Waals surface area (Å²) in [4.78, 5) is 14.0. The number of aromatic nitrogens is 1. The van der Waals surface area contributed by atoms with E-state index in [0.29, 0.717) is 30.6 Å². The predicted molar refractivity (Wildman–Crippen MR) is 156 cm³/mol. The Labute approximate surface area is 236 Å². The number of para-hydroxylation sites is 1. The molecule has 0 saturated carbocycles. The van der Waals surface area contributed by atoms with Gasteiger partial charge in [-0.15, -0.1) is 0 Å². The summed E-state index contributed by atoms with van der Waals surface area (Å²) in [5.74, 6) is 0.722. The maximum atomic E-state index is 13.9. The minimum Gasteiger partial charge on any atom is -0.497 e. The van der Waals surface area contributed by atoms with E-state index in [4.69, 9.17) is 9.47 Å². The number of benzene rings is 3. The summed E-state index contributed by atoms with van der Waals surface area (Å²) < 4.78 is 42.1. The van der Waals surface area contributed by atoms with Gasteiger partial charge in [0.25, 0.3) is 0 Å². The van der Waals surface area contributed by atoms with Gasteiger partial charge in [0.15, 0.2) is 0 Å². The molecule has 40 heavy (non-hydrogen) atoms. The van der Waals surface area contributed by atoms with Gasteiger partial charge in [0.1, 0.15) is 11.4 Å². The van der Waals surface area contributed by atoms with E-state index in [1.165, 1.54) is 4.31 Å². The first-order valence-corrected chi connectivity index (χ1v) is 15.0. The highest BCUT2D eigenvalue weighted by Crippen LogP contribution is 2.42. The Morgan fingerprint density at radius 1 is 0.950 bits per heavy atom. The fourth-order valence-electron chi connectivity index (χ4n) is 5.47. The van der Waals surface area contributed by atoms with Crippen LogP contribution in [0.2, 0.25) is 0 Å². The average molecular weight is 561 g/mol. The summed E-state index contributed by atoms with van der Waals surface area (Å²) in [6.07, 6.45) is 0.848. The molecule has 1 unspecified atom stereocenters. The van der Waals surface area contributed by atoms with Gasteiger partial charge >= 0.3 is 6.09 Å². The fraction of sp³-hybridized carbons (Fsp3) is 0.344. The van der Waals surface area contributed by atoms with Crippen LogP contribution in [0.1, 0.15) is 61.9 Å². The molecular weight excluding hydrogens is 524 g/mol. The van der Waals surface area contributed by atoms with Crippen LogP contribution in [-0.4, -0.2) is 42.6 Å². The minimum absolute atomic E-state index is 0.0429. The molecule has 0 aliphatic carbocycles. The molecule has 0 amide bonds. The molecule has 8 heteroatoms. The van der Waals surface area contributed by atoms with Crippen molar-refractivity contribution in [2.24, 2.45) is 0 Å².